The predicted octanol–water partition coefficient (Wildman–Crippen LogP) is 2.43. The second-order valence-corrected chi connectivity index (χ2v) is 4.70. The van der Waals surface area contributed by atoms with Gasteiger partial charge in [-0.15, -0.1) is 0 Å². The summed E-state index contributed by atoms with van der Waals surface area (Å²) < 4.78 is 10.6. The number of nitrogens with two attached hydrogens (primary N) is 1. The van der Waals surface area contributed by atoms with E-state index in [-0.39, 0.29) is 6.04 Å². The molecule has 0 aliphatic carbocycles. The number of hydrogen-bond acceptors (Lipinski definition) is 3. The summed E-state index contributed by atoms with van der Waals surface area (Å²) in [6.45, 7) is 3.78. The van der Waals surface area contributed by atoms with Crippen molar-refractivity contribution in [3.05, 3.63) is 29.3 Å². The fourth-order valence-corrected chi connectivity index (χ4v) is 2.48. The van der Waals surface area contributed by atoms with E-state index in [4.69, 9.17) is 15.2 Å². The molecule has 1 fully saturated rings. The molecule has 1 saturated heterocycles. The molecule has 2 N–H and O–H groups in total. The first-order valence-electron chi connectivity index (χ1n) is 6.20. The van der Waals surface area contributed by atoms with Crippen molar-refractivity contribution in [2.45, 2.75) is 25.8 Å². The largest absolute Gasteiger partial charge is 0.497 e. The number of rotatable bonds is 3. The number of hydrogen-bond donors (Lipinski definition) is 1. The minimum absolute atomic E-state index is 0.116. The van der Waals surface area contributed by atoms with Gasteiger partial charge < -0.3 is 15.2 Å². The van der Waals surface area contributed by atoms with Gasteiger partial charge in [0.15, 0.2) is 0 Å². The third kappa shape index (κ3) is 2.79. The minimum atomic E-state index is 0.116. The van der Waals surface area contributed by atoms with Crippen molar-refractivity contribution in [2.24, 2.45) is 11.7 Å². The Morgan fingerprint density at radius 3 is 2.65 bits per heavy atom. The van der Waals surface area contributed by atoms with E-state index in [2.05, 4.69) is 19.1 Å². The zero-order valence-corrected chi connectivity index (χ0v) is 10.6. The number of ether oxygens (including phenoxy) is 2. The molecule has 0 bridgehead atoms. The van der Waals surface area contributed by atoms with Crippen LogP contribution in [0.25, 0.3) is 0 Å². The summed E-state index contributed by atoms with van der Waals surface area (Å²) in [5, 5.41) is 0. The highest BCUT2D eigenvalue weighted by Gasteiger charge is 2.23. The molecule has 94 valence electrons. The third-order valence-corrected chi connectivity index (χ3v) is 3.61. The van der Waals surface area contributed by atoms with Crippen LogP contribution in [0.3, 0.4) is 0 Å². The predicted molar refractivity (Wildman–Crippen MR) is 68.2 cm³/mol. The average Bonchev–Trinajstić information content (AvgIpc) is 2.39. The highest BCUT2D eigenvalue weighted by Crippen LogP contribution is 2.31. The van der Waals surface area contributed by atoms with Crippen molar-refractivity contribution in [3.63, 3.8) is 0 Å². The molecule has 3 nitrogen and oxygen atoms in total. The summed E-state index contributed by atoms with van der Waals surface area (Å²) in [6, 6.07) is 6.24. The first-order valence-corrected chi connectivity index (χ1v) is 6.20. The van der Waals surface area contributed by atoms with Gasteiger partial charge in [-0.3, -0.25) is 0 Å². The molecule has 0 radical (unpaired) electrons. The van der Waals surface area contributed by atoms with Gasteiger partial charge in [0.2, 0.25) is 0 Å². The van der Waals surface area contributed by atoms with E-state index in [1.54, 1.807) is 7.11 Å². The molecule has 1 aliphatic heterocycles. The Hall–Kier alpha value is -1.06. The molecule has 0 amide bonds. The summed E-state index contributed by atoms with van der Waals surface area (Å²) >= 11 is 0. The van der Waals surface area contributed by atoms with Crippen molar-refractivity contribution in [1.82, 2.24) is 0 Å². The molecule has 1 heterocycles. The van der Waals surface area contributed by atoms with Gasteiger partial charge in [-0.25, -0.2) is 0 Å². The lowest BCUT2D eigenvalue weighted by Crippen LogP contribution is -2.27. The molecule has 1 aliphatic rings. The first-order chi connectivity index (χ1) is 8.22. The lowest BCUT2D eigenvalue weighted by molar-refractivity contribution is 0.0583. The van der Waals surface area contributed by atoms with Gasteiger partial charge in [-0.05, 0) is 48.9 Å². The Balaban J connectivity index is 2.15. The number of benzene rings is 1. The molecule has 1 aromatic rings. The molecular formula is C14H21NO2. The summed E-state index contributed by atoms with van der Waals surface area (Å²) in [5.41, 5.74) is 8.81. The zero-order valence-electron chi connectivity index (χ0n) is 10.6. The molecule has 2 rings (SSSR count). The van der Waals surface area contributed by atoms with Crippen LogP contribution in [-0.2, 0) is 4.74 Å². The van der Waals surface area contributed by atoms with Crippen molar-refractivity contribution in [1.29, 1.82) is 0 Å². The second kappa shape index (κ2) is 5.52. The Kier molecular flexibility index (Phi) is 4.02. The van der Waals surface area contributed by atoms with Gasteiger partial charge >= 0.3 is 0 Å². The zero-order chi connectivity index (χ0) is 12.3. The van der Waals surface area contributed by atoms with Crippen molar-refractivity contribution in [2.75, 3.05) is 20.3 Å². The first kappa shape index (κ1) is 12.4. The Bertz CT molecular complexity index is 372. The lowest BCUT2D eigenvalue weighted by Gasteiger charge is -2.28. The maximum atomic E-state index is 6.37. The Morgan fingerprint density at radius 2 is 2.06 bits per heavy atom. The molecule has 1 aromatic carbocycles. The molecule has 3 heteroatoms. The van der Waals surface area contributed by atoms with E-state index in [9.17, 15) is 0 Å². The SMILES string of the molecule is COc1ccc(C(N)C2CCOCC2)c(C)c1. The van der Waals surface area contributed by atoms with E-state index in [1.807, 2.05) is 6.07 Å². The standard InChI is InChI=1S/C14H21NO2/c1-10-9-12(16-2)3-4-13(10)14(15)11-5-7-17-8-6-11/h3-4,9,11,14H,5-8,15H2,1-2H3. The van der Waals surface area contributed by atoms with Gasteiger partial charge in [-0.2, -0.15) is 0 Å². The van der Waals surface area contributed by atoms with Gasteiger partial charge in [0, 0.05) is 19.3 Å². The van der Waals surface area contributed by atoms with Gasteiger partial charge in [0.05, 0.1) is 7.11 Å². The van der Waals surface area contributed by atoms with Crippen LogP contribution < -0.4 is 10.5 Å². The summed E-state index contributed by atoms with van der Waals surface area (Å²) in [4.78, 5) is 0. The molecule has 17 heavy (non-hydrogen) atoms. The maximum absolute atomic E-state index is 6.37. The monoisotopic (exact) mass is 235 g/mol. The summed E-state index contributed by atoms with van der Waals surface area (Å²) in [7, 11) is 1.69. The minimum Gasteiger partial charge on any atom is -0.497 e. The van der Waals surface area contributed by atoms with Crippen LogP contribution >= 0.6 is 0 Å². The number of aryl methyl sites for hydroxylation is 1. The van der Waals surface area contributed by atoms with E-state index >= 15 is 0 Å². The van der Waals surface area contributed by atoms with Crippen LogP contribution in [0.2, 0.25) is 0 Å². The van der Waals surface area contributed by atoms with Crippen LogP contribution in [-0.4, -0.2) is 20.3 Å². The van der Waals surface area contributed by atoms with Gasteiger partial charge in [0.25, 0.3) is 0 Å². The van der Waals surface area contributed by atoms with Crippen LogP contribution in [0, 0.1) is 12.8 Å². The molecular weight excluding hydrogens is 214 g/mol. The quantitative estimate of drug-likeness (QED) is 0.875. The fourth-order valence-electron chi connectivity index (χ4n) is 2.48. The Labute approximate surface area is 103 Å². The van der Waals surface area contributed by atoms with Gasteiger partial charge in [-0.1, -0.05) is 6.07 Å². The summed E-state index contributed by atoms with van der Waals surface area (Å²) in [6.07, 6.45) is 2.12. The van der Waals surface area contributed by atoms with Gasteiger partial charge in [0.1, 0.15) is 5.75 Å². The maximum Gasteiger partial charge on any atom is 0.119 e. The summed E-state index contributed by atoms with van der Waals surface area (Å²) in [5.74, 6) is 1.43. The molecule has 0 saturated carbocycles. The van der Waals surface area contributed by atoms with E-state index in [1.165, 1.54) is 11.1 Å². The van der Waals surface area contributed by atoms with Crippen LogP contribution in [0.1, 0.15) is 30.0 Å². The third-order valence-electron chi connectivity index (χ3n) is 3.61. The van der Waals surface area contributed by atoms with E-state index < -0.39 is 0 Å². The average molecular weight is 235 g/mol. The van der Waals surface area contributed by atoms with Crippen molar-refractivity contribution >= 4 is 0 Å². The normalized spacial score (nSPS) is 19.0. The molecule has 0 spiro atoms. The Morgan fingerprint density at radius 1 is 1.35 bits per heavy atom. The molecule has 1 atom stereocenters. The number of methoxy groups -OCH3 is 1. The second-order valence-electron chi connectivity index (χ2n) is 4.70. The topological polar surface area (TPSA) is 44.5 Å². The van der Waals surface area contributed by atoms with Crippen molar-refractivity contribution in [3.8, 4) is 5.75 Å². The lowest BCUT2D eigenvalue weighted by atomic mass is 9.86. The molecule has 1 unspecified atom stereocenters. The van der Waals surface area contributed by atoms with E-state index in [0.717, 1.165) is 31.8 Å². The molecule has 0 aromatic heterocycles. The van der Waals surface area contributed by atoms with E-state index in [0.29, 0.717) is 5.92 Å². The fraction of sp³-hybridized carbons (Fsp3) is 0.571. The highest BCUT2D eigenvalue weighted by molar-refractivity contribution is 5.36. The van der Waals surface area contributed by atoms with Crippen LogP contribution in [0.15, 0.2) is 18.2 Å². The highest BCUT2D eigenvalue weighted by atomic mass is 16.5. The van der Waals surface area contributed by atoms with Crippen LogP contribution in [0.5, 0.6) is 5.75 Å². The smallest absolute Gasteiger partial charge is 0.119 e. The van der Waals surface area contributed by atoms with Crippen LogP contribution in [0.4, 0.5) is 0 Å². The van der Waals surface area contributed by atoms with Crippen molar-refractivity contribution < 1.29 is 9.47 Å².